The first-order valence-corrected chi connectivity index (χ1v) is 6.15. The van der Waals surface area contributed by atoms with Crippen molar-refractivity contribution >= 4 is 18.7 Å². The van der Waals surface area contributed by atoms with Gasteiger partial charge in [0.1, 0.15) is 0 Å². The van der Waals surface area contributed by atoms with Crippen molar-refractivity contribution in [3.05, 3.63) is 17.0 Å². The van der Waals surface area contributed by atoms with Crippen molar-refractivity contribution in [3.8, 4) is 5.06 Å². The average Bonchev–Trinajstić information content (AvgIpc) is 2.60. The molecular formula is C10H18BNO3S. The van der Waals surface area contributed by atoms with E-state index in [9.17, 15) is 0 Å². The van der Waals surface area contributed by atoms with Crippen LogP contribution in [0.4, 0.5) is 0 Å². The van der Waals surface area contributed by atoms with Crippen LogP contribution in [0.15, 0.2) is 12.1 Å². The molecule has 1 aromatic rings. The van der Waals surface area contributed by atoms with E-state index >= 15 is 0 Å². The van der Waals surface area contributed by atoms with E-state index in [1.165, 1.54) is 11.3 Å². The molecule has 1 heterocycles. The second-order valence-electron chi connectivity index (χ2n) is 4.08. The monoisotopic (exact) mass is 243 g/mol. The van der Waals surface area contributed by atoms with Gasteiger partial charge in [0, 0.05) is 17.5 Å². The number of hydrogen-bond acceptors (Lipinski definition) is 5. The van der Waals surface area contributed by atoms with Gasteiger partial charge in [-0.15, -0.1) is 11.3 Å². The van der Waals surface area contributed by atoms with Crippen LogP contribution in [0.1, 0.15) is 25.6 Å². The molecule has 1 aromatic heterocycles. The Labute approximate surface area is 100 Å². The molecule has 0 aromatic carbocycles. The van der Waals surface area contributed by atoms with Gasteiger partial charge in [0.2, 0.25) is 0 Å². The van der Waals surface area contributed by atoms with Crippen molar-refractivity contribution in [1.29, 1.82) is 0 Å². The second kappa shape index (κ2) is 6.25. The summed E-state index contributed by atoms with van der Waals surface area (Å²) in [6.07, 6.45) is 0. The maximum atomic E-state index is 8.63. The predicted octanol–water partition coefficient (Wildman–Crippen LogP) is 1.23. The first-order valence-electron chi connectivity index (χ1n) is 5.34. The van der Waals surface area contributed by atoms with Crippen molar-refractivity contribution in [2.24, 2.45) is 5.92 Å². The standard InChI is InChI=1S/C10H18BNO3S/c1-7(2)8(3)12-6-9-4-5-10(16-9)15-11(13)14/h4-5,7-8,12-14H,6H2,1-3H3/t8-/m1/s1. The highest BCUT2D eigenvalue weighted by Gasteiger charge is 2.13. The third-order valence-electron chi connectivity index (χ3n) is 2.46. The fraction of sp³-hybridized carbons (Fsp3) is 0.600. The van der Waals surface area contributed by atoms with Crippen LogP contribution >= 0.6 is 11.3 Å². The molecule has 0 bridgehead atoms. The second-order valence-corrected chi connectivity index (χ2v) is 5.21. The third-order valence-corrected chi connectivity index (χ3v) is 3.43. The molecule has 0 fully saturated rings. The van der Waals surface area contributed by atoms with E-state index < -0.39 is 7.32 Å². The van der Waals surface area contributed by atoms with Crippen LogP contribution < -0.4 is 9.97 Å². The summed E-state index contributed by atoms with van der Waals surface area (Å²) in [5.41, 5.74) is 0. The molecule has 4 nitrogen and oxygen atoms in total. The van der Waals surface area contributed by atoms with Crippen molar-refractivity contribution in [2.45, 2.75) is 33.4 Å². The number of rotatable bonds is 6. The first-order chi connectivity index (χ1) is 7.49. The zero-order valence-electron chi connectivity index (χ0n) is 9.80. The summed E-state index contributed by atoms with van der Waals surface area (Å²) in [7, 11) is -1.74. The van der Waals surface area contributed by atoms with Gasteiger partial charge in [0.05, 0.1) is 0 Å². The largest absolute Gasteiger partial charge is 0.708 e. The molecule has 16 heavy (non-hydrogen) atoms. The molecule has 6 heteroatoms. The molecule has 0 unspecified atom stereocenters. The molecule has 0 aliphatic rings. The Hall–Kier alpha value is -0.555. The van der Waals surface area contributed by atoms with Crippen molar-refractivity contribution in [3.63, 3.8) is 0 Å². The molecule has 0 aliphatic heterocycles. The molecule has 1 rings (SSSR count). The van der Waals surface area contributed by atoms with Gasteiger partial charge >= 0.3 is 7.32 Å². The summed E-state index contributed by atoms with van der Waals surface area (Å²) >= 11 is 1.41. The average molecular weight is 243 g/mol. The minimum absolute atomic E-state index is 0.454. The SMILES string of the molecule is CC(C)[C@@H](C)NCc1ccc(OB(O)O)s1. The van der Waals surface area contributed by atoms with E-state index in [1.54, 1.807) is 6.07 Å². The molecule has 3 N–H and O–H groups in total. The van der Waals surface area contributed by atoms with Crippen LogP contribution in [0, 0.1) is 5.92 Å². The Kier molecular flexibility index (Phi) is 5.27. The molecule has 0 saturated carbocycles. The lowest BCUT2D eigenvalue weighted by Gasteiger charge is -2.16. The molecular weight excluding hydrogens is 225 g/mol. The fourth-order valence-electron chi connectivity index (χ4n) is 1.12. The van der Waals surface area contributed by atoms with E-state index in [1.807, 2.05) is 6.07 Å². The van der Waals surface area contributed by atoms with Crippen molar-refractivity contribution < 1.29 is 14.7 Å². The van der Waals surface area contributed by atoms with Crippen LogP contribution in [-0.2, 0) is 6.54 Å². The predicted molar refractivity (Wildman–Crippen MR) is 66.3 cm³/mol. The third kappa shape index (κ3) is 4.53. The van der Waals surface area contributed by atoms with E-state index in [0.29, 0.717) is 17.0 Å². The molecule has 0 radical (unpaired) electrons. The quantitative estimate of drug-likeness (QED) is 0.657. The number of nitrogens with one attached hydrogen (secondary N) is 1. The molecule has 0 aliphatic carbocycles. The molecule has 0 amide bonds. The summed E-state index contributed by atoms with van der Waals surface area (Å²) in [5.74, 6) is 0.593. The van der Waals surface area contributed by atoms with Crippen molar-refractivity contribution in [2.75, 3.05) is 0 Å². The lowest BCUT2D eigenvalue weighted by molar-refractivity contribution is 0.292. The van der Waals surface area contributed by atoms with Crippen LogP contribution in [0.2, 0.25) is 0 Å². The summed E-state index contributed by atoms with van der Waals surface area (Å²) in [5, 5.41) is 21.2. The van der Waals surface area contributed by atoms with Gasteiger partial charge in [-0.2, -0.15) is 0 Å². The van der Waals surface area contributed by atoms with Crippen LogP contribution in [-0.4, -0.2) is 23.4 Å². The van der Waals surface area contributed by atoms with E-state index in [0.717, 1.165) is 11.4 Å². The van der Waals surface area contributed by atoms with Crippen LogP contribution in [0.25, 0.3) is 0 Å². The minimum atomic E-state index is -1.74. The van der Waals surface area contributed by atoms with E-state index in [4.69, 9.17) is 14.7 Å². The van der Waals surface area contributed by atoms with Gasteiger partial charge in [-0.05, 0) is 25.0 Å². The highest BCUT2D eigenvalue weighted by Crippen LogP contribution is 2.24. The van der Waals surface area contributed by atoms with Gasteiger partial charge in [-0.3, -0.25) is 0 Å². The maximum absolute atomic E-state index is 8.63. The molecule has 0 spiro atoms. The van der Waals surface area contributed by atoms with Gasteiger partial charge in [-0.25, -0.2) is 0 Å². The highest BCUT2D eigenvalue weighted by molar-refractivity contribution is 7.14. The molecule has 1 atom stereocenters. The first kappa shape index (κ1) is 13.5. The fourth-order valence-corrected chi connectivity index (χ4v) is 1.94. The summed E-state index contributed by atoms with van der Waals surface area (Å²) in [4.78, 5) is 1.11. The lowest BCUT2D eigenvalue weighted by Crippen LogP contribution is -2.29. The topological polar surface area (TPSA) is 61.7 Å². The number of thiophene rings is 1. The summed E-state index contributed by atoms with van der Waals surface area (Å²) in [6, 6.07) is 4.11. The van der Waals surface area contributed by atoms with Gasteiger partial charge < -0.3 is 20.0 Å². The Morgan fingerprint density at radius 1 is 1.38 bits per heavy atom. The zero-order valence-corrected chi connectivity index (χ0v) is 10.6. The van der Waals surface area contributed by atoms with E-state index in [2.05, 4.69) is 26.1 Å². The van der Waals surface area contributed by atoms with Crippen LogP contribution in [0.5, 0.6) is 5.06 Å². The van der Waals surface area contributed by atoms with Crippen LogP contribution in [0.3, 0.4) is 0 Å². The molecule has 0 saturated heterocycles. The Balaban J connectivity index is 2.40. The lowest BCUT2D eigenvalue weighted by atomic mass is 10.1. The summed E-state index contributed by atoms with van der Waals surface area (Å²) in [6.45, 7) is 7.26. The van der Waals surface area contributed by atoms with E-state index in [-0.39, 0.29) is 0 Å². The van der Waals surface area contributed by atoms with Gasteiger partial charge in [-0.1, -0.05) is 13.8 Å². The van der Waals surface area contributed by atoms with Crippen molar-refractivity contribution in [1.82, 2.24) is 5.32 Å². The Bertz CT molecular complexity index is 317. The zero-order chi connectivity index (χ0) is 12.1. The van der Waals surface area contributed by atoms with Gasteiger partial charge in [0.15, 0.2) is 5.06 Å². The highest BCUT2D eigenvalue weighted by atomic mass is 32.1. The normalized spacial score (nSPS) is 12.9. The summed E-state index contributed by atoms with van der Waals surface area (Å²) < 4.78 is 4.75. The number of hydrogen-bond donors (Lipinski definition) is 3. The minimum Gasteiger partial charge on any atom is -0.504 e. The molecule has 90 valence electrons. The Morgan fingerprint density at radius 3 is 2.62 bits per heavy atom. The van der Waals surface area contributed by atoms with Gasteiger partial charge in [0.25, 0.3) is 0 Å². The Morgan fingerprint density at radius 2 is 2.06 bits per heavy atom. The maximum Gasteiger partial charge on any atom is 0.708 e. The smallest absolute Gasteiger partial charge is 0.504 e.